The van der Waals surface area contributed by atoms with Gasteiger partial charge in [-0.25, -0.2) is 0 Å². The van der Waals surface area contributed by atoms with Gasteiger partial charge in [-0.1, -0.05) is 43.5 Å². The molecule has 7 rings (SSSR count). The fraction of sp³-hybridized carbons (Fsp3) is 0.189. The van der Waals surface area contributed by atoms with Crippen molar-refractivity contribution in [2.45, 2.75) is 38.1 Å². The van der Waals surface area contributed by atoms with Crippen LogP contribution in [0.15, 0.2) is 110 Å². The summed E-state index contributed by atoms with van der Waals surface area (Å²) < 4.78 is 3.50. The van der Waals surface area contributed by atoms with Crippen molar-refractivity contribution in [3.63, 3.8) is 0 Å². The van der Waals surface area contributed by atoms with E-state index in [0.29, 0.717) is 17.0 Å². The quantitative estimate of drug-likeness (QED) is 0.176. The van der Waals surface area contributed by atoms with Crippen LogP contribution in [0.5, 0.6) is 0 Å². The molecule has 236 valence electrons. The van der Waals surface area contributed by atoms with E-state index in [-0.39, 0.29) is 6.04 Å². The molecule has 0 saturated heterocycles. The molecule has 1 aliphatic rings. The number of nitrogens with zero attached hydrogens (tertiary/aromatic N) is 4. The number of nitrogens with one attached hydrogen (secondary N) is 2. The van der Waals surface area contributed by atoms with Crippen molar-refractivity contribution < 1.29 is 19.2 Å². The molecule has 0 atom stereocenters. The molecule has 0 unspecified atom stereocenters. The number of hydrogen-bond acceptors (Lipinski definition) is 6. The molecule has 1 saturated carbocycles. The molecule has 2 amide bonds. The van der Waals surface area contributed by atoms with Gasteiger partial charge in [0.2, 0.25) is 0 Å². The number of carbonyl (C=O) groups excluding carboxylic acids is 4. The van der Waals surface area contributed by atoms with Crippen molar-refractivity contribution in [1.29, 1.82) is 0 Å². The Morgan fingerprint density at radius 1 is 0.660 bits per heavy atom. The molecule has 0 bridgehead atoms. The van der Waals surface area contributed by atoms with E-state index >= 15 is 0 Å². The lowest BCUT2D eigenvalue weighted by molar-refractivity contribution is -0.118. The fourth-order valence-corrected chi connectivity index (χ4v) is 6.02. The van der Waals surface area contributed by atoms with Crippen molar-refractivity contribution in [3.8, 4) is 22.3 Å². The highest BCUT2D eigenvalue weighted by molar-refractivity contribution is 6.44. The molecule has 10 nitrogen and oxygen atoms in total. The Kier molecular flexibility index (Phi) is 9.28. The first kappa shape index (κ1) is 31.1. The summed E-state index contributed by atoms with van der Waals surface area (Å²) in [4.78, 5) is 58.0. The average molecular weight is 627 g/mol. The van der Waals surface area contributed by atoms with E-state index in [4.69, 9.17) is 0 Å². The fourth-order valence-electron chi connectivity index (χ4n) is 6.02. The van der Waals surface area contributed by atoms with Gasteiger partial charge in [0.15, 0.2) is 0 Å². The number of fused-ring (bicyclic) bond motifs is 2. The number of likely N-dealkylation sites (N-methyl/N-ethyl adjacent to an activating group) is 1. The van der Waals surface area contributed by atoms with Crippen LogP contribution in [-0.4, -0.2) is 55.2 Å². The molecule has 1 aliphatic carbocycles. The predicted molar refractivity (Wildman–Crippen MR) is 179 cm³/mol. The van der Waals surface area contributed by atoms with Crippen LogP contribution >= 0.6 is 0 Å². The first-order valence-electron chi connectivity index (χ1n) is 15.6. The third kappa shape index (κ3) is 6.57. The topological polar surface area (TPSA) is 127 Å². The molecule has 6 aromatic heterocycles. The van der Waals surface area contributed by atoms with Gasteiger partial charge in [-0.05, 0) is 61.4 Å². The highest BCUT2D eigenvalue weighted by atomic mass is 16.2. The first-order chi connectivity index (χ1) is 23.0. The van der Waals surface area contributed by atoms with Gasteiger partial charge in [0.05, 0.1) is 0 Å². The number of pyridine rings is 4. The minimum Gasteiger partial charge on any atom is -0.352 e. The Hall–Kier alpha value is -5.90. The zero-order chi connectivity index (χ0) is 32.8. The summed E-state index contributed by atoms with van der Waals surface area (Å²) >= 11 is 0. The molecule has 10 heteroatoms. The average Bonchev–Trinajstić information content (AvgIpc) is 3.71. The molecule has 0 aliphatic heterocycles. The largest absolute Gasteiger partial charge is 0.352 e. The maximum atomic E-state index is 13.0. The van der Waals surface area contributed by atoms with Crippen LogP contribution < -0.4 is 10.6 Å². The first-order valence-corrected chi connectivity index (χ1v) is 15.6. The van der Waals surface area contributed by atoms with E-state index in [0.717, 1.165) is 53.4 Å². The van der Waals surface area contributed by atoms with Crippen molar-refractivity contribution in [3.05, 3.63) is 121 Å². The zero-order valence-electron chi connectivity index (χ0n) is 25.9. The summed E-state index contributed by atoms with van der Waals surface area (Å²) in [5, 5.41) is 5.31. The number of aromatic nitrogens is 4. The summed E-state index contributed by atoms with van der Waals surface area (Å²) in [6.07, 6.45) is 15.6. The summed E-state index contributed by atoms with van der Waals surface area (Å²) in [5.74, 6) is -2.22. The third-order valence-corrected chi connectivity index (χ3v) is 8.31. The molecule has 0 spiro atoms. The van der Waals surface area contributed by atoms with Crippen molar-refractivity contribution in [2.75, 3.05) is 7.05 Å². The van der Waals surface area contributed by atoms with E-state index in [1.165, 1.54) is 13.5 Å². The zero-order valence-corrected chi connectivity index (χ0v) is 25.9. The van der Waals surface area contributed by atoms with Gasteiger partial charge in [0.25, 0.3) is 23.4 Å². The summed E-state index contributed by atoms with van der Waals surface area (Å²) in [6.45, 7) is 0. The SMILES string of the molecule is CNC(=O)C(=O)c1c(-c2cccnc2)cc2ccccn12.O=C(NC1CCCCC1)C(=O)c1c(-c2cccnc2)cc2ccccn12. The van der Waals surface area contributed by atoms with Crippen LogP contribution in [0.25, 0.3) is 33.3 Å². The number of amides is 2. The van der Waals surface area contributed by atoms with Crippen LogP contribution in [0.2, 0.25) is 0 Å². The normalized spacial score (nSPS) is 13.0. The Balaban J connectivity index is 0.000000168. The Morgan fingerprint density at radius 3 is 1.64 bits per heavy atom. The highest BCUT2D eigenvalue weighted by Gasteiger charge is 2.27. The molecule has 47 heavy (non-hydrogen) atoms. The molecule has 1 fully saturated rings. The smallest absolute Gasteiger partial charge is 0.294 e. The maximum absolute atomic E-state index is 13.0. The molecule has 0 radical (unpaired) electrons. The minimum absolute atomic E-state index is 0.105. The van der Waals surface area contributed by atoms with Gasteiger partial charge in [0.1, 0.15) is 11.4 Å². The minimum atomic E-state index is -0.635. The van der Waals surface area contributed by atoms with Crippen molar-refractivity contribution in [1.82, 2.24) is 29.4 Å². The van der Waals surface area contributed by atoms with E-state index in [1.54, 1.807) is 45.9 Å². The Morgan fingerprint density at radius 2 is 1.17 bits per heavy atom. The number of hydrogen-bond donors (Lipinski definition) is 2. The standard InChI is InChI=1S/C21H21N3O2.C16H13N3O2/c25-20(21(26)23-16-8-2-1-3-9-16)19-18(15-7-6-11-22-14-15)13-17-10-4-5-12-24(17)19;1-17-16(21)15(20)14-13(11-5-4-7-18-10-11)9-12-6-2-3-8-19(12)14/h4-7,10-14,16H,1-3,8-9H2,(H,23,26);2-10H,1H3,(H,17,21). The second-order valence-corrected chi connectivity index (χ2v) is 11.3. The van der Waals surface area contributed by atoms with Gasteiger partial charge in [0, 0.05) is 83.6 Å². The highest BCUT2D eigenvalue weighted by Crippen LogP contribution is 2.29. The van der Waals surface area contributed by atoms with Crippen molar-refractivity contribution >= 4 is 34.4 Å². The van der Waals surface area contributed by atoms with Gasteiger partial charge in [-0.2, -0.15) is 0 Å². The second kappa shape index (κ2) is 14.0. The van der Waals surface area contributed by atoms with E-state index < -0.39 is 23.4 Å². The molecular weight excluding hydrogens is 592 g/mol. The van der Waals surface area contributed by atoms with Gasteiger partial charge >= 0.3 is 0 Å². The summed E-state index contributed by atoms with van der Waals surface area (Å²) in [7, 11) is 1.44. The van der Waals surface area contributed by atoms with Crippen LogP contribution in [0, 0.1) is 0 Å². The van der Waals surface area contributed by atoms with Crippen LogP contribution in [-0.2, 0) is 9.59 Å². The molecule has 6 aromatic rings. The third-order valence-electron chi connectivity index (χ3n) is 8.31. The Labute approximate surface area is 271 Å². The number of rotatable bonds is 7. The number of Topliss-reactive ketones (excluding diaryl/α,β-unsaturated/α-hetero) is 2. The second-order valence-electron chi connectivity index (χ2n) is 11.3. The van der Waals surface area contributed by atoms with Crippen LogP contribution in [0.4, 0.5) is 0 Å². The van der Waals surface area contributed by atoms with E-state index in [9.17, 15) is 19.2 Å². The summed E-state index contributed by atoms with van der Waals surface area (Å²) in [6, 6.07) is 22.6. The predicted octanol–water partition coefficient (Wildman–Crippen LogP) is 5.56. The van der Waals surface area contributed by atoms with Crippen LogP contribution in [0.3, 0.4) is 0 Å². The number of carbonyl (C=O) groups is 4. The van der Waals surface area contributed by atoms with Gasteiger partial charge in [-0.3, -0.25) is 29.1 Å². The lowest BCUT2D eigenvalue weighted by Gasteiger charge is -2.22. The lowest BCUT2D eigenvalue weighted by atomic mass is 9.95. The van der Waals surface area contributed by atoms with Crippen LogP contribution in [0.1, 0.15) is 53.1 Å². The van der Waals surface area contributed by atoms with E-state index in [1.807, 2.05) is 72.9 Å². The molecule has 6 heterocycles. The molecule has 2 N–H and O–H groups in total. The maximum Gasteiger partial charge on any atom is 0.294 e. The summed E-state index contributed by atoms with van der Waals surface area (Å²) in [5.41, 5.74) is 5.51. The molecule has 0 aromatic carbocycles. The van der Waals surface area contributed by atoms with Gasteiger partial charge in [-0.15, -0.1) is 0 Å². The lowest BCUT2D eigenvalue weighted by Crippen LogP contribution is -2.40. The Bertz CT molecular complexity index is 2060. The van der Waals surface area contributed by atoms with E-state index in [2.05, 4.69) is 20.6 Å². The van der Waals surface area contributed by atoms with Crippen molar-refractivity contribution in [2.24, 2.45) is 0 Å². The number of ketones is 2. The monoisotopic (exact) mass is 626 g/mol. The van der Waals surface area contributed by atoms with Gasteiger partial charge < -0.3 is 19.4 Å². The molecular formula is C37H34N6O4.